The third kappa shape index (κ3) is 3.21. The van der Waals surface area contributed by atoms with Crippen molar-refractivity contribution >= 4 is 26.8 Å². The lowest BCUT2D eigenvalue weighted by Gasteiger charge is -2.14. The summed E-state index contributed by atoms with van der Waals surface area (Å²) < 4.78 is 64.3. The molecule has 2 aromatic carbocycles. The molecule has 9 heteroatoms. The Morgan fingerprint density at radius 3 is 2.46 bits per heavy atom. The van der Waals surface area contributed by atoms with Crippen molar-refractivity contribution in [3.05, 3.63) is 54.1 Å². The molecule has 2 aromatic rings. The number of rotatable bonds is 5. The largest absolute Gasteiger partial charge is 0.534 e. The van der Waals surface area contributed by atoms with Crippen molar-refractivity contribution in [2.45, 2.75) is 11.9 Å². The number of halogens is 3. The highest BCUT2D eigenvalue weighted by molar-refractivity contribution is 7.88. The molecule has 0 radical (unpaired) electrons. The Morgan fingerprint density at radius 1 is 1.25 bits per heavy atom. The molecule has 5 nitrogen and oxygen atoms in total. The molecule has 0 heterocycles. The van der Waals surface area contributed by atoms with Gasteiger partial charge in [0, 0.05) is 16.3 Å². The maximum absolute atomic E-state index is 12.5. The van der Waals surface area contributed by atoms with Gasteiger partial charge in [-0.15, -0.1) is 6.58 Å². The van der Waals surface area contributed by atoms with Gasteiger partial charge in [0.25, 0.3) is 0 Å². The average molecular weight is 359 g/mol. The van der Waals surface area contributed by atoms with Crippen molar-refractivity contribution in [2.75, 3.05) is 0 Å². The minimum absolute atomic E-state index is 0.0264. The van der Waals surface area contributed by atoms with Crippen molar-refractivity contribution in [3.63, 3.8) is 0 Å². The van der Waals surface area contributed by atoms with E-state index in [0.29, 0.717) is 12.0 Å². The van der Waals surface area contributed by atoms with Gasteiger partial charge in [-0.3, -0.25) is 4.79 Å². The van der Waals surface area contributed by atoms with E-state index < -0.39 is 27.3 Å². The highest BCUT2D eigenvalue weighted by atomic mass is 32.2. The van der Waals surface area contributed by atoms with Crippen LogP contribution in [0.3, 0.4) is 0 Å². The molecule has 0 saturated heterocycles. The molecular weight excluding hydrogens is 347 g/mol. The zero-order valence-corrected chi connectivity index (χ0v) is 12.9. The van der Waals surface area contributed by atoms with Crippen LogP contribution in [0.1, 0.15) is 15.9 Å². The van der Waals surface area contributed by atoms with Crippen LogP contribution in [0.5, 0.6) is 5.75 Å². The van der Waals surface area contributed by atoms with Crippen LogP contribution in [0.15, 0.2) is 43.0 Å². The van der Waals surface area contributed by atoms with Gasteiger partial charge in [-0.2, -0.15) is 21.6 Å². The number of carbonyl (C=O) groups is 1. The fraction of sp³-hybridized carbons (Fsp3) is 0.133. The van der Waals surface area contributed by atoms with E-state index in [9.17, 15) is 26.4 Å². The van der Waals surface area contributed by atoms with Crippen molar-refractivity contribution in [1.29, 1.82) is 0 Å². The summed E-state index contributed by atoms with van der Waals surface area (Å²) in [5.74, 6) is -1.35. The molecule has 0 bridgehead atoms. The summed E-state index contributed by atoms with van der Waals surface area (Å²) in [6.45, 7) is 3.56. The minimum atomic E-state index is -5.84. The lowest BCUT2D eigenvalue weighted by atomic mass is 9.96. The van der Waals surface area contributed by atoms with Gasteiger partial charge in [-0.05, 0) is 24.1 Å². The minimum Gasteiger partial charge on any atom is -0.375 e. The zero-order chi connectivity index (χ0) is 18.1. The van der Waals surface area contributed by atoms with E-state index >= 15 is 0 Å². The summed E-state index contributed by atoms with van der Waals surface area (Å²) in [5, 5.41) is 0.248. The van der Waals surface area contributed by atoms with Crippen LogP contribution in [0.25, 0.3) is 10.8 Å². The number of benzene rings is 2. The molecule has 0 unspecified atom stereocenters. The van der Waals surface area contributed by atoms with Gasteiger partial charge in [0.15, 0.2) is 5.75 Å². The molecule has 0 aliphatic rings. The highest BCUT2D eigenvalue weighted by Gasteiger charge is 2.48. The summed E-state index contributed by atoms with van der Waals surface area (Å²) in [6.07, 6.45) is 1.83. The monoisotopic (exact) mass is 359 g/mol. The smallest absolute Gasteiger partial charge is 0.375 e. The van der Waals surface area contributed by atoms with E-state index in [1.54, 1.807) is 6.07 Å². The number of nitrogens with two attached hydrogens (primary N) is 1. The first-order chi connectivity index (χ1) is 11.1. The van der Waals surface area contributed by atoms with Gasteiger partial charge in [-0.1, -0.05) is 24.3 Å². The number of fused-ring (bicyclic) bond motifs is 1. The summed E-state index contributed by atoms with van der Waals surface area (Å²) in [5.41, 5.74) is 0.307. The predicted molar refractivity (Wildman–Crippen MR) is 82.0 cm³/mol. The number of hydrogen-bond donors (Lipinski definition) is 1. The molecule has 24 heavy (non-hydrogen) atoms. The van der Waals surface area contributed by atoms with E-state index in [2.05, 4.69) is 10.8 Å². The summed E-state index contributed by atoms with van der Waals surface area (Å²) in [4.78, 5) is 11.6. The van der Waals surface area contributed by atoms with E-state index in [-0.39, 0.29) is 16.3 Å². The molecule has 0 saturated carbocycles. The van der Waals surface area contributed by atoms with Gasteiger partial charge in [-0.25, -0.2) is 0 Å². The fourth-order valence-electron chi connectivity index (χ4n) is 2.22. The second kappa shape index (κ2) is 6.16. The van der Waals surface area contributed by atoms with Crippen LogP contribution < -0.4 is 9.92 Å². The van der Waals surface area contributed by atoms with E-state index in [0.717, 1.165) is 12.1 Å². The molecule has 2 rings (SSSR count). The van der Waals surface area contributed by atoms with Crippen LogP contribution in [0.2, 0.25) is 0 Å². The fourth-order valence-corrected chi connectivity index (χ4v) is 2.70. The number of carbonyl (C=O) groups excluding carboxylic acids is 1. The molecule has 0 fully saturated rings. The number of allylic oxidation sites excluding steroid dienone is 1. The lowest BCUT2D eigenvalue weighted by Crippen LogP contribution is -2.28. The SMILES string of the molecule is C=CCc1cccc2c(OS(=O)(=O)C(F)(F)F)ccc(C(N)=O)c12. The third-order valence-corrected chi connectivity index (χ3v) is 4.17. The third-order valence-electron chi connectivity index (χ3n) is 3.20. The second-order valence-corrected chi connectivity index (χ2v) is 6.33. The van der Waals surface area contributed by atoms with Gasteiger partial charge >= 0.3 is 15.6 Å². The first kappa shape index (κ1) is 17.8. The summed E-state index contributed by atoms with van der Waals surface area (Å²) in [6, 6.07) is 6.55. The molecule has 0 aromatic heterocycles. The topological polar surface area (TPSA) is 86.5 Å². The number of hydrogen-bond acceptors (Lipinski definition) is 4. The molecule has 0 spiro atoms. The normalized spacial score (nSPS) is 12.1. The Balaban J connectivity index is 2.75. The van der Waals surface area contributed by atoms with Crippen molar-refractivity contribution < 1.29 is 30.6 Å². The van der Waals surface area contributed by atoms with Crippen molar-refractivity contribution in [1.82, 2.24) is 0 Å². The molecule has 2 N–H and O–H groups in total. The van der Waals surface area contributed by atoms with Gasteiger partial charge < -0.3 is 9.92 Å². The van der Waals surface area contributed by atoms with Crippen LogP contribution in [-0.2, 0) is 16.5 Å². The van der Waals surface area contributed by atoms with Crippen molar-refractivity contribution in [3.8, 4) is 5.75 Å². The maximum Gasteiger partial charge on any atom is 0.534 e. The predicted octanol–water partition coefficient (Wildman–Crippen LogP) is 2.90. The molecular formula is C15H12F3NO4S. The maximum atomic E-state index is 12.5. The second-order valence-electron chi connectivity index (χ2n) is 4.79. The van der Waals surface area contributed by atoms with E-state index in [1.165, 1.54) is 18.2 Å². The zero-order valence-electron chi connectivity index (χ0n) is 12.1. The molecule has 0 aliphatic heterocycles. The van der Waals surface area contributed by atoms with Crippen LogP contribution >= 0.6 is 0 Å². The Bertz CT molecular complexity index is 920. The first-order valence-corrected chi connectivity index (χ1v) is 7.95. The summed E-state index contributed by atoms with van der Waals surface area (Å²) >= 11 is 0. The van der Waals surface area contributed by atoms with Crippen LogP contribution in [-0.4, -0.2) is 19.8 Å². The highest BCUT2D eigenvalue weighted by Crippen LogP contribution is 2.35. The molecule has 0 aliphatic carbocycles. The van der Waals surface area contributed by atoms with E-state index in [4.69, 9.17) is 5.73 Å². The number of alkyl halides is 3. The number of amides is 1. The molecule has 1 amide bonds. The number of primary amides is 1. The van der Waals surface area contributed by atoms with E-state index in [1.807, 2.05) is 0 Å². The van der Waals surface area contributed by atoms with Crippen molar-refractivity contribution in [2.24, 2.45) is 5.73 Å². The lowest BCUT2D eigenvalue weighted by molar-refractivity contribution is -0.0499. The van der Waals surface area contributed by atoms with Gasteiger partial charge in [0.2, 0.25) is 5.91 Å². The quantitative estimate of drug-likeness (QED) is 0.505. The van der Waals surface area contributed by atoms with Gasteiger partial charge in [0.1, 0.15) is 0 Å². The first-order valence-electron chi connectivity index (χ1n) is 6.54. The molecule has 0 atom stereocenters. The average Bonchev–Trinajstić information content (AvgIpc) is 2.46. The Labute approximate surface area is 135 Å². The standard InChI is InChI=1S/C15H12F3NO4S/c1-2-4-9-5-3-6-10-12(23-24(21,22)15(16,17)18)8-7-11(13(9)10)14(19)20/h2-3,5-8H,1,4H2,(H2,19,20). The molecule has 128 valence electrons. The van der Waals surface area contributed by atoms with Crippen LogP contribution in [0, 0.1) is 0 Å². The summed E-state index contributed by atoms with van der Waals surface area (Å²) in [7, 11) is -5.84. The Hall–Kier alpha value is -2.55. The van der Waals surface area contributed by atoms with Gasteiger partial charge in [0.05, 0.1) is 0 Å². The van der Waals surface area contributed by atoms with Crippen LogP contribution in [0.4, 0.5) is 13.2 Å². The Morgan fingerprint density at radius 2 is 1.92 bits per heavy atom. The Kier molecular flexibility index (Phi) is 4.57.